The van der Waals surface area contributed by atoms with Crippen LogP contribution >= 0.6 is 0 Å². The Morgan fingerprint density at radius 3 is 2.57 bits per heavy atom. The summed E-state index contributed by atoms with van der Waals surface area (Å²) in [6.45, 7) is 5.20. The second kappa shape index (κ2) is 6.24. The molecule has 4 atom stereocenters. The fraction of sp³-hybridized carbons (Fsp3) is 0.647. The second-order valence-corrected chi connectivity index (χ2v) is 5.87. The van der Waals surface area contributed by atoms with Crippen molar-refractivity contribution in [3.63, 3.8) is 0 Å². The molecule has 0 spiro atoms. The monoisotopic (exact) mass is 291 g/mol. The highest BCUT2D eigenvalue weighted by Crippen LogP contribution is 2.44. The summed E-state index contributed by atoms with van der Waals surface area (Å²) in [7, 11) is 0. The van der Waals surface area contributed by atoms with E-state index in [-0.39, 0.29) is 6.04 Å². The van der Waals surface area contributed by atoms with Crippen LogP contribution in [0.25, 0.3) is 0 Å². The van der Waals surface area contributed by atoms with Gasteiger partial charge in [-0.15, -0.1) is 0 Å². The van der Waals surface area contributed by atoms with Crippen LogP contribution in [0, 0.1) is 5.92 Å². The van der Waals surface area contributed by atoms with Crippen molar-refractivity contribution in [2.24, 2.45) is 11.7 Å². The van der Waals surface area contributed by atoms with Crippen LogP contribution < -0.4 is 15.2 Å². The molecule has 0 aromatic heterocycles. The summed E-state index contributed by atoms with van der Waals surface area (Å²) in [6.07, 6.45) is 4.20. The topological polar surface area (TPSA) is 53.7 Å². The van der Waals surface area contributed by atoms with E-state index in [4.69, 9.17) is 19.9 Å². The third-order valence-electron chi connectivity index (χ3n) is 4.57. The van der Waals surface area contributed by atoms with Crippen LogP contribution in [-0.4, -0.2) is 25.4 Å². The number of nitrogens with two attached hydrogens (primary N) is 1. The first kappa shape index (κ1) is 14.7. The van der Waals surface area contributed by atoms with E-state index in [0.29, 0.717) is 31.3 Å². The quantitative estimate of drug-likeness (QED) is 0.875. The van der Waals surface area contributed by atoms with Gasteiger partial charge in [-0.25, -0.2) is 0 Å². The van der Waals surface area contributed by atoms with Crippen LogP contribution in [0.15, 0.2) is 18.2 Å². The highest BCUT2D eigenvalue weighted by atomic mass is 16.5. The van der Waals surface area contributed by atoms with E-state index >= 15 is 0 Å². The number of rotatable bonds is 6. The second-order valence-electron chi connectivity index (χ2n) is 5.87. The van der Waals surface area contributed by atoms with Gasteiger partial charge >= 0.3 is 0 Å². The van der Waals surface area contributed by atoms with Crippen molar-refractivity contribution in [3.05, 3.63) is 23.8 Å². The normalized spacial score (nSPS) is 28.6. The van der Waals surface area contributed by atoms with Gasteiger partial charge < -0.3 is 19.9 Å². The molecule has 3 rings (SSSR count). The minimum Gasteiger partial charge on any atom is -0.490 e. The average molecular weight is 291 g/mol. The fourth-order valence-electron chi connectivity index (χ4n) is 3.58. The van der Waals surface area contributed by atoms with Crippen molar-refractivity contribution in [1.29, 1.82) is 0 Å². The molecule has 4 nitrogen and oxygen atoms in total. The Balaban J connectivity index is 1.79. The van der Waals surface area contributed by atoms with Crippen molar-refractivity contribution in [2.75, 3.05) is 13.2 Å². The van der Waals surface area contributed by atoms with Crippen molar-refractivity contribution in [1.82, 2.24) is 0 Å². The Morgan fingerprint density at radius 2 is 1.95 bits per heavy atom. The van der Waals surface area contributed by atoms with Gasteiger partial charge in [0.15, 0.2) is 11.5 Å². The molecule has 0 radical (unpaired) electrons. The van der Waals surface area contributed by atoms with Crippen molar-refractivity contribution in [3.8, 4) is 11.5 Å². The molecule has 1 aromatic rings. The molecule has 2 fully saturated rings. The highest BCUT2D eigenvalue weighted by Gasteiger charge is 2.43. The molecule has 2 aliphatic rings. The summed E-state index contributed by atoms with van der Waals surface area (Å²) in [4.78, 5) is 0. The SMILES string of the molecule is CCOc1ccc(C(N)C2CC3CCC2O3)cc1OCC. The largest absolute Gasteiger partial charge is 0.490 e. The van der Waals surface area contributed by atoms with Crippen LogP contribution in [0.2, 0.25) is 0 Å². The maximum absolute atomic E-state index is 6.50. The summed E-state index contributed by atoms with van der Waals surface area (Å²) in [6, 6.07) is 6.07. The van der Waals surface area contributed by atoms with Gasteiger partial charge in [0.25, 0.3) is 0 Å². The highest BCUT2D eigenvalue weighted by molar-refractivity contribution is 5.44. The molecule has 4 heteroatoms. The van der Waals surface area contributed by atoms with E-state index < -0.39 is 0 Å². The van der Waals surface area contributed by atoms with E-state index in [1.165, 1.54) is 6.42 Å². The molecule has 0 amide bonds. The Kier molecular flexibility index (Phi) is 4.36. The van der Waals surface area contributed by atoms with Crippen LogP contribution in [0.1, 0.15) is 44.7 Å². The van der Waals surface area contributed by atoms with E-state index in [2.05, 4.69) is 6.07 Å². The molecule has 4 unspecified atom stereocenters. The van der Waals surface area contributed by atoms with Crippen LogP contribution in [0.4, 0.5) is 0 Å². The molecule has 2 heterocycles. The number of benzene rings is 1. The van der Waals surface area contributed by atoms with Gasteiger partial charge in [-0.05, 0) is 50.8 Å². The Morgan fingerprint density at radius 1 is 1.19 bits per heavy atom. The minimum absolute atomic E-state index is 0.00943. The predicted octanol–water partition coefficient (Wildman–Crippen LogP) is 3.05. The van der Waals surface area contributed by atoms with Gasteiger partial charge in [-0.1, -0.05) is 6.07 Å². The molecule has 1 aromatic carbocycles. The van der Waals surface area contributed by atoms with Gasteiger partial charge in [0.05, 0.1) is 25.4 Å². The molecule has 2 saturated heterocycles. The Labute approximate surface area is 126 Å². The first-order valence-corrected chi connectivity index (χ1v) is 8.03. The number of fused-ring (bicyclic) bond motifs is 2. The summed E-state index contributed by atoms with van der Waals surface area (Å²) >= 11 is 0. The van der Waals surface area contributed by atoms with Gasteiger partial charge in [0, 0.05) is 12.0 Å². The molecule has 2 N–H and O–H groups in total. The molecule has 21 heavy (non-hydrogen) atoms. The van der Waals surface area contributed by atoms with Crippen LogP contribution in [-0.2, 0) is 4.74 Å². The molecule has 0 aliphatic carbocycles. The van der Waals surface area contributed by atoms with Crippen molar-refractivity contribution < 1.29 is 14.2 Å². The first-order chi connectivity index (χ1) is 10.2. The zero-order chi connectivity index (χ0) is 14.8. The number of ether oxygens (including phenoxy) is 3. The predicted molar refractivity (Wildman–Crippen MR) is 81.7 cm³/mol. The van der Waals surface area contributed by atoms with E-state index in [0.717, 1.165) is 29.9 Å². The molecule has 116 valence electrons. The van der Waals surface area contributed by atoms with Gasteiger partial charge in [0.2, 0.25) is 0 Å². The molecule has 2 bridgehead atoms. The smallest absolute Gasteiger partial charge is 0.161 e. The van der Waals surface area contributed by atoms with E-state index in [1.807, 2.05) is 26.0 Å². The summed E-state index contributed by atoms with van der Waals surface area (Å²) in [5.74, 6) is 2.01. The minimum atomic E-state index is 0.00943. The molecular formula is C17H25NO3. The standard InChI is InChI=1S/C17H25NO3/c1-3-19-15-7-5-11(9-16(15)20-4-2)17(18)13-10-12-6-8-14(13)21-12/h5,7,9,12-14,17H,3-4,6,8,10,18H2,1-2H3. The summed E-state index contributed by atoms with van der Waals surface area (Å²) in [5.41, 5.74) is 7.61. The Hall–Kier alpha value is -1.26. The lowest BCUT2D eigenvalue weighted by Crippen LogP contribution is -2.29. The number of hydrogen-bond acceptors (Lipinski definition) is 4. The summed E-state index contributed by atoms with van der Waals surface area (Å²) in [5, 5.41) is 0. The lowest BCUT2D eigenvalue weighted by Gasteiger charge is -2.26. The maximum atomic E-state index is 6.50. The van der Waals surface area contributed by atoms with Crippen molar-refractivity contribution in [2.45, 2.75) is 51.4 Å². The van der Waals surface area contributed by atoms with Gasteiger partial charge in [0.1, 0.15) is 0 Å². The average Bonchev–Trinajstić information content (AvgIpc) is 3.11. The molecule has 0 saturated carbocycles. The Bertz CT molecular complexity index is 491. The zero-order valence-corrected chi connectivity index (χ0v) is 12.9. The molecule has 2 aliphatic heterocycles. The fourth-order valence-corrected chi connectivity index (χ4v) is 3.58. The lowest BCUT2D eigenvalue weighted by atomic mass is 9.81. The zero-order valence-electron chi connectivity index (χ0n) is 12.9. The lowest BCUT2D eigenvalue weighted by molar-refractivity contribution is 0.0884. The first-order valence-electron chi connectivity index (χ1n) is 8.03. The van der Waals surface area contributed by atoms with E-state index in [1.54, 1.807) is 0 Å². The maximum Gasteiger partial charge on any atom is 0.161 e. The van der Waals surface area contributed by atoms with Crippen molar-refractivity contribution >= 4 is 0 Å². The number of hydrogen-bond donors (Lipinski definition) is 1. The van der Waals surface area contributed by atoms with Crippen LogP contribution in [0.3, 0.4) is 0 Å². The van der Waals surface area contributed by atoms with E-state index in [9.17, 15) is 0 Å². The molecular weight excluding hydrogens is 266 g/mol. The third kappa shape index (κ3) is 2.87. The third-order valence-corrected chi connectivity index (χ3v) is 4.57. The van der Waals surface area contributed by atoms with Crippen LogP contribution in [0.5, 0.6) is 11.5 Å². The summed E-state index contributed by atoms with van der Waals surface area (Å²) < 4.78 is 17.2. The van der Waals surface area contributed by atoms with Gasteiger partial charge in [-0.2, -0.15) is 0 Å². The van der Waals surface area contributed by atoms with Gasteiger partial charge in [-0.3, -0.25) is 0 Å².